The quantitative estimate of drug-likeness (QED) is 0.0206. The number of likely N-dealkylation sites (N-methyl/N-ethyl adjacent to an activating group) is 4. The summed E-state index contributed by atoms with van der Waals surface area (Å²) in [5.74, 6) is -11.3. The fraction of sp³-hybridized carbons (Fsp3) is 0.720. The summed E-state index contributed by atoms with van der Waals surface area (Å²) >= 11 is 4.94. The Balaban J connectivity index is 0.000000541. The molecule has 137 heavy (non-hydrogen) atoms. The fourth-order valence-electron chi connectivity index (χ4n) is 17.0. The van der Waals surface area contributed by atoms with Gasteiger partial charge in [-0.15, -0.1) is 0 Å². The molecule has 2 aromatic rings. The number of esters is 4. The molecular weight excluding hydrogens is 1790 g/mol. The van der Waals surface area contributed by atoms with Crippen molar-refractivity contribution in [3.63, 3.8) is 0 Å². The van der Waals surface area contributed by atoms with Gasteiger partial charge in [-0.25, -0.2) is 9.59 Å². The molecule has 0 aliphatic carbocycles. The highest BCUT2D eigenvalue weighted by atomic mass is 35.5. The molecule has 4 heterocycles. The number of aliphatic hydroxyl groups excluding tert-OH is 2. The zero-order valence-electron chi connectivity index (χ0n) is 85.8. The van der Waals surface area contributed by atoms with Crippen LogP contribution in [0.2, 0.25) is 0 Å². The van der Waals surface area contributed by atoms with Gasteiger partial charge in [0.25, 0.3) is 11.8 Å². The first kappa shape index (κ1) is 119. The van der Waals surface area contributed by atoms with Crippen LogP contribution in [0.4, 0.5) is 0 Å². The Morgan fingerprint density at radius 1 is 0.504 bits per heavy atom. The normalized spacial score (nSPS) is 25.8. The van der Waals surface area contributed by atoms with Gasteiger partial charge < -0.3 is 100 Å². The molecule has 2 aromatic carbocycles. The van der Waals surface area contributed by atoms with Crippen LogP contribution in [0.25, 0.3) is 0 Å². The molecule has 11 amide bonds. The van der Waals surface area contributed by atoms with Gasteiger partial charge in [0.15, 0.2) is 12.2 Å². The van der Waals surface area contributed by atoms with Crippen molar-refractivity contribution < 1.29 is 115 Å². The van der Waals surface area contributed by atoms with Crippen molar-refractivity contribution in [2.75, 3.05) is 55.5 Å². The number of carbonyl (C=O) groups is 16. The number of fused-ring (bicyclic) bond motifs is 2. The highest BCUT2D eigenvalue weighted by Gasteiger charge is 2.48. The van der Waals surface area contributed by atoms with E-state index in [1.165, 1.54) is 73.7 Å². The standard InChI is InChI=1S/C50H80N6O12.C46H74N6O11.C4H7ClO/c1-14-17-40(58)54(11)37(25-29(5)6)45(60)53-43-32(10)67-50(65)38(26-33-19-21-34(66-13)22-20-33)55(12)49(64)36-18-16-23-56(36)48(63)35(24-28(3)4)51-47(62)44(30(7)8)68-41(59)27-39(57)42(31(9)15-2)52-46(43)61;1-13-28(8)38-36(53)24-37(54)63-40(27(6)7)43(57)48-33(22-26(4)5)44(58)52-20-14-15-34(52)45(59)51(11)35(23-30-16-18-31(61-12)19-17-30)46(60)62-29(9)39(42(56)49-38)50-41(55)32(47-10)21-25(2)3;1-2-3-4(5)6/h19-22,28-32,35-39,42-44,57H,14-18,23-27H2,1-13H3,(H,51,62)(H,52,61)(H,53,60);16-19,25-29,32-36,38-40,47,53H,13-15,20-24H2,1-12H3,(H,48,57)(H,49,56)(H,50,55);2-3H2,1H3/t31-,32+,35-,36-,37+,38-,39-,42+,43-,44-;28-,29+,32+,33-,34-,35-,36-,38+,39-,40-;/m00./s1. The van der Waals surface area contributed by atoms with Crippen LogP contribution >= 0.6 is 11.6 Å². The van der Waals surface area contributed by atoms with Gasteiger partial charge in [-0.3, -0.25) is 67.1 Å². The molecule has 0 aromatic heterocycles. The smallest absolute Gasteiger partial charge is 0.329 e. The van der Waals surface area contributed by atoms with E-state index in [4.69, 9.17) is 40.0 Å². The van der Waals surface area contributed by atoms with Crippen LogP contribution in [-0.4, -0.2) is 293 Å². The third-order valence-corrected chi connectivity index (χ3v) is 25.6. The average molecular weight is 1950 g/mol. The van der Waals surface area contributed by atoms with E-state index >= 15 is 0 Å². The molecule has 0 bridgehead atoms. The Labute approximate surface area is 815 Å². The van der Waals surface area contributed by atoms with Crippen molar-refractivity contribution in [3.05, 3.63) is 59.7 Å². The summed E-state index contributed by atoms with van der Waals surface area (Å²) in [7, 11) is 9.08. The molecule has 0 spiro atoms. The number of benzene rings is 2. The third kappa shape index (κ3) is 36.6. The fourth-order valence-corrected chi connectivity index (χ4v) is 17.2. The molecule has 9 N–H and O–H groups in total. The Bertz CT molecular complexity index is 4290. The summed E-state index contributed by atoms with van der Waals surface area (Å²) in [4.78, 5) is 230. The number of aliphatic hydroxyl groups is 2. The molecule has 4 aliphatic heterocycles. The number of carbonyl (C=O) groups excluding carboxylic acids is 16. The number of rotatable bonds is 30. The zero-order chi connectivity index (χ0) is 103. The largest absolute Gasteiger partial charge is 0.497 e. The van der Waals surface area contributed by atoms with E-state index in [1.54, 1.807) is 97.1 Å². The van der Waals surface area contributed by atoms with Gasteiger partial charge in [0.1, 0.15) is 78.1 Å². The van der Waals surface area contributed by atoms with E-state index in [1.807, 2.05) is 83.1 Å². The Hall–Kier alpha value is -10.1. The number of amides is 11. The van der Waals surface area contributed by atoms with E-state index in [0.29, 0.717) is 74.0 Å². The maximum Gasteiger partial charge on any atom is 0.329 e. The van der Waals surface area contributed by atoms with Crippen LogP contribution in [0, 0.1) is 47.3 Å². The molecular formula is C100H161ClN12O24. The number of cyclic esters (lactones) is 4. The lowest BCUT2D eigenvalue weighted by molar-refractivity contribution is -0.163. The van der Waals surface area contributed by atoms with Crippen LogP contribution in [0.3, 0.4) is 0 Å². The second-order valence-corrected chi connectivity index (χ2v) is 39.6. The minimum atomic E-state index is -1.62. The minimum Gasteiger partial charge on any atom is -0.497 e. The Kier molecular flexibility index (Phi) is 50.6. The van der Waals surface area contributed by atoms with Gasteiger partial charge in [-0.2, -0.15) is 0 Å². The number of nitrogens with one attached hydrogen (secondary N) is 7. The molecule has 772 valence electrons. The molecule has 0 saturated carbocycles. The summed E-state index contributed by atoms with van der Waals surface area (Å²) in [5, 5.41) is 42.8. The summed E-state index contributed by atoms with van der Waals surface area (Å²) in [6, 6.07) is 0.0539. The van der Waals surface area contributed by atoms with Gasteiger partial charge in [-0.05, 0) is 179 Å². The highest BCUT2D eigenvalue weighted by Crippen LogP contribution is 2.31. The van der Waals surface area contributed by atoms with E-state index in [-0.39, 0.29) is 92.9 Å². The first-order valence-corrected chi connectivity index (χ1v) is 49.2. The number of hydrogen-bond donors (Lipinski definition) is 9. The van der Waals surface area contributed by atoms with Crippen molar-refractivity contribution in [2.45, 2.75) is 363 Å². The van der Waals surface area contributed by atoms with Gasteiger partial charge >= 0.3 is 23.9 Å². The van der Waals surface area contributed by atoms with E-state index in [9.17, 15) is 86.9 Å². The number of halogens is 1. The van der Waals surface area contributed by atoms with Gasteiger partial charge in [0.2, 0.25) is 58.4 Å². The minimum absolute atomic E-state index is 0.0170. The lowest BCUT2D eigenvalue weighted by Crippen LogP contribution is -2.61. The molecule has 36 nitrogen and oxygen atoms in total. The number of ether oxygens (including phenoxy) is 6. The lowest BCUT2D eigenvalue weighted by atomic mass is 9.92. The third-order valence-electron chi connectivity index (χ3n) is 25.4. The predicted octanol–water partition coefficient (Wildman–Crippen LogP) is 7.59. The van der Waals surface area contributed by atoms with E-state index in [0.717, 1.165) is 6.42 Å². The van der Waals surface area contributed by atoms with Gasteiger partial charge in [0, 0.05) is 59.9 Å². The molecule has 4 aliphatic rings. The Morgan fingerprint density at radius 2 is 0.869 bits per heavy atom. The van der Waals surface area contributed by atoms with Crippen molar-refractivity contribution >= 4 is 106 Å². The molecule has 37 heteroatoms. The molecule has 6 rings (SSSR count). The number of hydrogen-bond acceptors (Lipinski definition) is 25. The zero-order valence-corrected chi connectivity index (χ0v) is 86.5. The second kappa shape index (κ2) is 58.1. The first-order chi connectivity index (χ1) is 64.3. The Morgan fingerprint density at radius 3 is 1.18 bits per heavy atom. The molecule has 0 unspecified atom stereocenters. The predicted molar refractivity (Wildman–Crippen MR) is 516 cm³/mol. The molecule has 4 fully saturated rings. The van der Waals surface area contributed by atoms with Gasteiger partial charge in [-0.1, -0.05) is 162 Å². The molecule has 0 radical (unpaired) electrons. The summed E-state index contributed by atoms with van der Waals surface area (Å²) < 4.78 is 34.3. The molecule has 4 saturated heterocycles. The van der Waals surface area contributed by atoms with Crippen LogP contribution in [0.5, 0.6) is 11.5 Å². The topological polar surface area (TPSA) is 469 Å². The highest BCUT2D eigenvalue weighted by molar-refractivity contribution is 6.63. The van der Waals surface area contributed by atoms with Crippen molar-refractivity contribution in [1.29, 1.82) is 0 Å². The summed E-state index contributed by atoms with van der Waals surface area (Å²) in [6.45, 7) is 36.2. The number of nitrogens with zero attached hydrogens (tertiary/aromatic N) is 5. The first-order valence-electron chi connectivity index (χ1n) is 48.9. The second-order valence-electron chi connectivity index (χ2n) is 39.2. The van der Waals surface area contributed by atoms with Crippen LogP contribution in [0.1, 0.15) is 252 Å². The van der Waals surface area contributed by atoms with E-state index in [2.05, 4.69) is 37.2 Å². The van der Waals surface area contributed by atoms with Crippen molar-refractivity contribution in [3.8, 4) is 11.5 Å². The van der Waals surface area contributed by atoms with Crippen LogP contribution < -0.4 is 46.7 Å². The monoisotopic (exact) mass is 1950 g/mol. The van der Waals surface area contributed by atoms with Crippen LogP contribution in [0.15, 0.2) is 48.5 Å². The molecule has 20 atom stereocenters. The van der Waals surface area contributed by atoms with Crippen molar-refractivity contribution in [2.24, 2.45) is 47.3 Å². The van der Waals surface area contributed by atoms with Gasteiger partial charge in [0.05, 0.1) is 57.4 Å². The number of methoxy groups -OCH3 is 2. The van der Waals surface area contributed by atoms with Crippen LogP contribution in [-0.2, 0) is 109 Å². The SMILES string of the molecule is CCCC(=O)Cl.CCCC(=O)N(C)[C@H](CC(C)C)C(=O)N[C@@H]1C(=O)N[C@H]([C@@H](C)CC)[C@@H](O)CC(=O)O[C@@H](C(C)C)C(=O)N[C@@H](CC(C)C)C(=O)N2CCC[C@H]2C(=O)N(C)[C@@H](Cc2ccc(OC)cc2)C(=O)O[C@@H]1C.CC[C@H](C)[C@H]1NC(=O)[C@@H](NC(=O)[C@@H](CC(C)C)NC)[C@@H](C)OC(=O)[C@H](Cc2ccc(OC)cc2)N(C)C(=O)[C@@H]2CCCN2C(=O)[C@H](CC(C)C)NC(=O)[C@H](C(C)C)OC(=O)C[C@@H]1O. The summed E-state index contributed by atoms with van der Waals surface area (Å²) in [6.07, 6.45) is -4.26. The van der Waals surface area contributed by atoms with E-state index < -0.39 is 229 Å². The average Bonchev–Trinajstić information content (AvgIpc) is 1.69. The summed E-state index contributed by atoms with van der Waals surface area (Å²) in [5.41, 5.74) is 1.29. The maximum absolute atomic E-state index is 14.7. The van der Waals surface area contributed by atoms with Crippen molar-refractivity contribution in [1.82, 2.24) is 61.7 Å². The maximum atomic E-state index is 14.7. The lowest BCUT2D eigenvalue weighted by Gasteiger charge is -2.36.